The highest BCUT2D eigenvalue weighted by Crippen LogP contribution is 2.35. The van der Waals surface area contributed by atoms with Gasteiger partial charge in [0.05, 0.1) is 15.4 Å². The van der Waals surface area contributed by atoms with E-state index in [-0.39, 0.29) is 10.9 Å². The summed E-state index contributed by atoms with van der Waals surface area (Å²) < 4.78 is 21.5. The lowest BCUT2D eigenvalue weighted by atomic mass is 10.3. The smallest absolute Gasteiger partial charge is 0.243 e. The lowest BCUT2D eigenvalue weighted by molar-refractivity contribution is 0.454. The van der Waals surface area contributed by atoms with Crippen molar-refractivity contribution >= 4 is 55.4 Å². The van der Waals surface area contributed by atoms with Crippen molar-refractivity contribution in [1.82, 2.24) is 9.38 Å². The van der Waals surface area contributed by atoms with E-state index in [1.807, 2.05) is 16.0 Å². The Balaban J connectivity index is 2.05. The maximum atomic E-state index is 13.5. The van der Waals surface area contributed by atoms with Gasteiger partial charge in [-0.1, -0.05) is 11.6 Å². The largest absolute Gasteiger partial charge is 0.436 e. The van der Waals surface area contributed by atoms with Gasteiger partial charge in [-0.05, 0) is 22.0 Å². The van der Waals surface area contributed by atoms with Gasteiger partial charge in [0.2, 0.25) is 5.88 Å². The van der Waals surface area contributed by atoms with Gasteiger partial charge >= 0.3 is 0 Å². The van der Waals surface area contributed by atoms with Crippen LogP contribution in [0.25, 0.3) is 4.96 Å². The number of hydrogen-bond donors (Lipinski definition) is 0. The van der Waals surface area contributed by atoms with E-state index < -0.39 is 5.82 Å². The molecule has 0 aliphatic carbocycles. The highest BCUT2D eigenvalue weighted by atomic mass is 79.9. The number of fused-ring (bicyclic) bond motifs is 1. The molecule has 20 heavy (non-hydrogen) atoms. The Labute approximate surface area is 136 Å². The molecule has 3 aromatic rings. The zero-order valence-corrected chi connectivity index (χ0v) is 13.7. The van der Waals surface area contributed by atoms with Gasteiger partial charge < -0.3 is 4.74 Å². The fraction of sp³-hybridized carbons (Fsp3) is 0.0833. The maximum Gasteiger partial charge on any atom is 0.243 e. The molecule has 2 heterocycles. The third-order valence-electron chi connectivity index (χ3n) is 2.63. The summed E-state index contributed by atoms with van der Waals surface area (Å²) in [4.78, 5) is 5.10. The summed E-state index contributed by atoms with van der Waals surface area (Å²) in [5.74, 6) is 0.331. The third-order valence-corrected chi connectivity index (χ3v) is 4.55. The molecule has 1 aromatic carbocycles. The highest BCUT2D eigenvalue weighted by Gasteiger charge is 2.16. The molecule has 0 N–H and O–H groups in total. The second-order valence-corrected chi connectivity index (χ2v) is 6.25. The molecule has 3 nitrogen and oxygen atoms in total. The minimum absolute atomic E-state index is 0.0209. The Morgan fingerprint density at radius 3 is 3.00 bits per heavy atom. The zero-order valence-electron chi connectivity index (χ0n) is 9.74. The van der Waals surface area contributed by atoms with Crippen LogP contribution in [0.5, 0.6) is 11.6 Å². The number of nitrogens with zero attached hydrogens (tertiary/aromatic N) is 2. The first kappa shape index (κ1) is 14.1. The predicted molar refractivity (Wildman–Crippen MR) is 81.8 cm³/mol. The fourth-order valence-corrected chi connectivity index (χ4v) is 3.39. The Kier molecular flexibility index (Phi) is 3.90. The number of aromatic nitrogens is 2. The Morgan fingerprint density at radius 2 is 2.25 bits per heavy atom. The summed E-state index contributed by atoms with van der Waals surface area (Å²) in [6.45, 7) is 0. The van der Waals surface area contributed by atoms with Crippen LogP contribution in [0.4, 0.5) is 4.39 Å². The molecule has 0 spiro atoms. The molecule has 0 aliphatic heterocycles. The molecule has 0 aliphatic rings. The average Bonchev–Trinajstić information content (AvgIpc) is 2.96. The summed E-state index contributed by atoms with van der Waals surface area (Å²) >= 11 is 16.4. The number of benzene rings is 1. The van der Waals surface area contributed by atoms with Crippen molar-refractivity contribution in [1.29, 1.82) is 0 Å². The van der Waals surface area contributed by atoms with Crippen LogP contribution in [0.3, 0.4) is 0 Å². The molecule has 0 saturated carbocycles. The van der Waals surface area contributed by atoms with Gasteiger partial charge in [-0.3, -0.25) is 4.40 Å². The van der Waals surface area contributed by atoms with Crippen molar-refractivity contribution in [3.63, 3.8) is 0 Å². The van der Waals surface area contributed by atoms with Gasteiger partial charge in [-0.25, -0.2) is 4.39 Å². The van der Waals surface area contributed by atoms with Crippen LogP contribution >= 0.6 is 50.5 Å². The molecule has 0 radical (unpaired) electrons. The van der Waals surface area contributed by atoms with Crippen LogP contribution < -0.4 is 4.74 Å². The highest BCUT2D eigenvalue weighted by molar-refractivity contribution is 9.10. The van der Waals surface area contributed by atoms with Crippen LogP contribution in [0, 0.1) is 5.82 Å². The lowest BCUT2D eigenvalue weighted by Gasteiger charge is -2.07. The normalized spacial score (nSPS) is 11.2. The lowest BCUT2D eigenvalue weighted by Crippen LogP contribution is -1.93. The fourth-order valence-electron chi connectivity index (χ4n) is 1.70. The van der Waals surface area contributed by atoms with Gasteiger partial charge in [0.25, 0.3) is 0 Å². The van der Waals surface area contributed by atoms with Crippen LogP contribution in [0.2, 0.25) is 5.02 Å². The molecule has 0 fully saturated rings. The molecule has 0 amide bonds. The van der Waals surface area contributed by atoms with Gasteiger partial charge in [0.15, 0.2) is 4.96 Å². The Hall–Kier alpha value is -0.820. The summed E-state index contributed by atoms with van der Waals surface area (Å²) in [6, 6.07) is 2.64. The maximum absolute atomic E-state index is 13.5. The molecule has 0 saturated heterocycles. The van der Waals surface area contributed by atoms with E-state index in [0.29, 0.717) is 21.8 Å². The number of thiazole rings is 1. The molecule has 3 rings (SSSR count). The van der Waals surface area contributed by atoms with Gasteiger partial charge in [0.1, 0.15) is 17.3 Å². The minimum Gasteiger partial charge on any atom is -0.436 e. The van der Waals surface area contributed by atoms with Gasteiger partial charge in [0, 0.05) is 17.6 Å². The summed E-state index contributed by atoms with van der Waals surface area (Å²) in [5.41, 5.74) is 0.713. The van der Waals surface area contributed by atoms with Crippen LogP contribution in [-0.4, -0.2) is 9.38 Å². The predicted octanol–water partition coefficient (Wildman–Crippen LogP) is 5.48. The number of imidazole rings is 1. The van der Waals surface area contributed by atoms with Gasteiger partial charge in [-0.2, -0.15) is 4.98 Å². The molecule has 8 heteroatoms. The SMILES string of the molecule is Fc1cc(Oc2nc3sccn3c2CCl)c(Br)cc1Cl. The van der Waals surface area contributed by atoms with Crippen molar-refractivity contribution in [2.45, 2.75) is 5.88 Å². The molecule has 0 atom stereocenters. The number of hydrogen-bond acceptors (Lipinski definition) is 3. The number of rotatable bonds is 3. The van der Waals surface area contributed by atoms with E-state index in [1.54, 1.807) is 0 Å². The van der Waals surface area contributed by atoms with Crippen molar-refractivity contribution in [3.8, 4) is 11.6 Å². The van der Waals surface area contributed by atoms with Gasteiger partial charge in [-0.15, -0.1) is 22.9 Å². The van der Waals surface area contributed by atoms with E-state index in [0.717, 1.165) is 4.96 Å². The molecule has 104 valence electrons. The minimum atomic E-state index is -0.557. The first-order valence-electron chi connectivity index (χ1n) is 5.43. The standard InChI is InChI=1S/C12H6BrCl2FN2OS/c13-6-3-7(15)8(16)4-10(6)19-11-9(5-14)18-1-2-20-12(18)17-11/h1-4H,5H2. The van der Waals surface area contributed by atoms with Crippen LogP contribution in [0.15, 0.2) is 28.2 Å². The molecular formula is C12H6BrCl2FN2OS. The third kappa shape index (κ3) is 2.41. The summed E-state index contributed by atoms with van der Waals surface area (Å²) in [7, 11) is 0. The first-order chi connectivity index (χ1) is 9.60. The van der Waals surface area contributed by atoms with Crippen LogP contribution in [-0.2, 0) is 5.88 Å². The number of ether oxygens (including phenoxy) is 1. The molecular weight excluding hydrogens is 390 g/mol. The number of halogens is 4. The zero-order chi connectivity index (χ0) is 14.3. The second-order valence-electron chi connectivity index (χ2n) is 3.85. The molecule has 0 bridgehead atoms. The first-order valence-corrected chi connectivity index (χ1v) is 8.01. The second kappa shape index (κ2) is 5.52. The van der Waals surface area contributed by atoms with Crippen molar-refractivity contribution in [2.24, 2.45) is 0 Å². The van der Waals surface area contributed by atoms with Crippen LogP contribution in [0.1, 0.15) is 5.69 Å². The van der Waals surface area contributed by atoms with E-state index >= 15 is 0 Å². The Bertz CT molecular complexity index is 789. The summed E-state index contributed by atoms with van der Waals surface area (Å²) in [6.07, 6.45) is 1.86. The number of alkyl halides is 1. The van der Waals surface area contributed by atoms with E-state index in [2.05, 4.69) is 20.9 Å². The molecule has 2 aromatic heterocycles. The molecule has 0 unspecified atom stereocenters. The van der Waals surface area contributed by atoms with Crippen molar-refractivity contribution in [3.05, 3.63) is 44.7 Å². The van der Waals surface area contributed by atoms with E-state index in [1.165, 1.54) is 23.5 Å². The monoisotopic (exact) mass is 394 g/mol. The Morgan fingerprint density at radius 1 is 1.45 bits per heavy atom. The summed E-state index contributed by atoms with van der Waals surface area (Å²) in [5, 5.41) is 1.92. The average molecular weight is 396 g/mol. The van der Waals surface area contributed by atoms with E-state index in [9.17, 15) is 4.39 Å². The van der Waals surface area contributed by atoms with E-state index in [4.69, 9.17) is 27.9 Å². The van der Waals surface area contributed by atoms with Crippen molar-refractivity contribution < 1.29 is 9.13 Å². The topological polar surface area (TPSA) is 26.5 Å². The quantitative estimate of drug-likeness (QED) is 0.433. The van der Waals surface area contributed by atoms with Crippen molar-refractivity contribution in [2.75, 3.05) is 0 Å².